The average Bonchev–Trinajstić information content (AvgIpc) is 2.46. The van der Waals surface area contributed by atoms with E-state index in [-0.39, 0.29) is 0 Å². The van der Waals surface area contributed by atoms with Crippen molar-refractivity contribution in [3.8, 4) is 5.75 Å². The second-order valence-corrected chi connectivity index (χ2v) is 4.47. The van der Waals surface area contributed by atoms with Gasteiger partial charge in [0.2, 0.25) is 0 Å². The molecule has 0 radical (unpaired) electrons. The number of carbonyl (C=O) groups is 2. The van der Waals surface area contributed by atoms with Crippen LogP contribution in [0.1, 0.15) is 16.7 Å². The Morgan fingerprint density at radius 2 is 1.57 bits per heavy atom. The molecule has 1 rings (SSSR count). The standard InChI is InChI=1S/C15H18O6/c1-8-6-9(2)10(3)11(7-8)21-13(15(18)20-5)12(16)14(17)19-4/h6-7,16H,1-5H3/b13-12-. The lowest BCUT2D eigenvalue weighted by molar-refractivity contribution is -0.143. The monoisotopic (exact) mass is 294 g/mol. The normalized spacial score (nSPS) is 11.5. The third-order valence-electron chi connectivity index (χ3n) is 2.94. The van der Waals surface area contributed by atoms with E-state index < -0.39 is 23.5 Å². The minimum Gasteiger partial charge on any atom is -0.499 e. The van der Waals surface area contributed by atoms with Crippen molar-refractivity contribution in [3.05, 3.63) is 40.3 Å². The fraction of sp³-hybridized carbons (Fsp3) is 0.333. The molecule has 6 nitrogen and oxygen atoms in total. The van der Waals surface area contributed by atoms with Crippen LogP contribution < -0.4 is 4.74 Å². The van der Waals surface area contributed by atoms with Crippen molar-refractivity contribution in [1.29, 1.82) is 0 Å². The van der Waals surface area contributed by atoms with Gasteiger partial charge in [-0.05, 0) is 43.5 Å². The number of benzene rings is 1. The molecule has 0 spiro atoms. The van der Waals surface area contributed by atoms with Crippen molar-refractivity contribution >= 4 is 11.9 Å². The van der Waals surface area contributed by atoms with Gasteiger partial charge in [-0.1, -0.05) is 6.07 Å². The first-order valence-electron chi connectivity index (χ1n) is 6.17. The van der Waals surface area contributed by atoms with Crippen LogP contribution in [0.3, 0.4) is 0 Å². The molecule has 114 valence electrons. The fourth-order valence-electron chi connectivity index (χ4n) is 1.69. The van der Waals surface area contributed by atoms with Gasteiger partial charge < -0.3 is 19.3 Å². The summed E-state index contributed by atoms with van der Waals surface area (Å²) >= 11 is 0. The molecule has 0 amide bonds. The van der Waals surface area contributed by atoms with Crippen LogP contribution in [0, 0.1) is 20.8 Å². The van der Waals surface area contributed by atoms with Gasteiger partial charge in [-0.2, -0.15) is 0 Å². The van der Waals surface area contributed by atoms with Gasteiger partial charge in [0.05, 0.1) is 14.2 Å². The predicted octanol–water partition coefficient (Wildman–Crippen LogP) is 2.11. The summed E-state index contributed by atoms with van der Waals surface area (Å²) < 4.78 is 14.3. The molecule has 0 bridgehead atoms. The average molecular weight is 294 g/mol. The van der Waals surface area contributed by atoms with Gasteiger partial charge in [0, 0.05) is 0 Å². The molecule has 0 atom stereocenters. The Balaban J connectivity index is 3.32. The van der Waals surface area contributed by atoms with Gasteiger partial charge >= 0.3 is 11.9 Å². The highest BCUT2D eigenvalue weighted by atomic mass is 16.6. The fourth-order valence-corrected chi connectivity index (χ4v) is 1.69. The van der Waals surface area contributed by atoms with E-state index in [4.69, 9.17) is 4.74 Å². The summed E-state index contributed by atoms with van der Waals surface area (Å²) in [5.41, 5.74) is 2.64. The lowest BCUT2D eigenvalue weighted by Crippen LogP contribution is -2.19. The maximum Gasteiger partial charge on any atom is 0.378 e. The molecule has 6 heteroatoms. The molecule has 0 saturated carbocycles. The lowest BCUT2D eigenvalue weighted by atomic mass is 10.1. The third-order valence-corrected chi connectivity index (χ3v) is 2.94. The van der Waals surface area contributed by atoms with E-state index in [1.807, 2.05) is 19.9 Å². The van der Waals surface area contributed by atoms with Crippen LogP contribution in [0.25, 0.3) is 0 Å². The van der Waals surface area contributed by atoms with Crippen molar-refractivity contribution in [2.75, 3.05) is 14.2 Å². The summed E-state index contributed by atoms with van der Waals surface area (Å²) in [5, 5.41) is 9.75. The Kier molecular flexibility index (Phi) is 5.35. The molecule has 0 saturated heterocycles. The van der Waals surface area contributed by atoms with Crippen molar-refractivity contribution in [3.63, 3.8) is 0 Å². The number of methoxy groups -OCH3 is 2. The Labute approximate surface area is 122 Å². The minimum absolute atomic E-state index is 0.350. The maximum atomic E-state index is 11.7. The summed E-state index contributed by atoms with van der Waals surface area (Å²) in [4.78, 5) is 23.1. The summed E-state index contributed by atoms with van der Waals surface area (Å²) in [6, 6.07) is 3.64. The number of hydrogen-bond acceptors (Lipinski definition) is 6. The number of aliphatic hydroxyl groups excluding tert-OH is 1. The first kappa shape index (κ1) is 16.6. The number of esters is 2. The molecule has 0 aliphatic heterocycles. The third kappa shape index (κ3) is 3.75. The van der Waals surface area contributed by atoms with E-state index in [0.717, 1.165) is 30.9 Å². The van der Waals surface area contributed by atoms with Crippen LogP contribution in [-0.4, -0.2) is 31.3 Å². The smallest absolute Gasteiger partial charge is 0.378 e. The summed E-state index contributed by atoms with van der Waals surface area (Å²) in [6.45, 7) is 5.55. The van der Waals surface area contributed by atoms with E-state index in [0.29, 0.717) is 5.75 Å². The molecule has 0 aliphatic rings. The molecular formula is C15H18O6. The largest absolute Gasteiger partial charge is 0.499 e. The zero-order valence-electron chi connectivity index (χ0n) is 12.6. The van der Waals surface area contributed by atoms with Crippen LogP contribution in [-0.2, 0) is 19.1 Å². The zero-order chi connectivity index (χ0) is 16.2. The van der Waals surface area contributed by atoms with Crippen molar-refractivity contribution in [1.82, 2.24) is 0 Å². The lowest BCUT2D eigenvalue weighted by Gasteiger charge is -2.14. The number of carbonyl (C=O) groups excluding carboxylic acids is 2. The maximum absolute atomic E-state index is 11.7. The molecule has 1 N–H and O–H groups in total. The molecule has 0 aliphatic carbocycles. The molecule has 0 aromatic heterocycles. The van der Waals surface area contributed by atoms with Crippen molar-refractivity contribution < 1.29 is 28.9 Å². The number of aliphatic hydroxyl groups is 1. The second kappa shape index (κ2) is 6.78. The van der Waals surface area contributed by atoms with Gasteiger partial charge in [0.1, 0.15) is 5.75 Å². The number of ether oxygens (including phenoxy) is 3. The number of hydrogen-bond donors (Lipinski definition) is 1. The van der Waals surface area contributed by atoms with Crippen LogP contribution in [0.5, 0.6) is 5.75 Å². The first-order chi connectivity index (χ1) is 9.81. The summed E-state index contributed by atoms with van der Waals surface area (Å²) in [7, 11) is 2.19. The van der Waals surface area contributed by atoms with Gasteiger partial charge in [-0.25, -0.2) is 9.59 Å². The SMILES string of the molecule is COC(=O)/C(O)=C(/Oc1cc(C)cc(C)c1C)C(=O)OC. The molecule has 0 unspecified atom stereocenters. The summed E-state index contributed by atoms with van der Waals surface area (Å²) in [5.74, 6) is -3.27. The highest BCUT2D eigenvalue weighted by molar-refractivity contribution is 5.97. The van der Waals surface area contributed by atoms with Gasteiger partial charge in [0.25, 0.3) is 11.5 Å². The van der Waals surface area contributed by atoms with Crippen LogP contribution >= 0.6 is 0 Å². The Morgan fingerprint density at radius 1 is 1.00 bits per heavy atom. The molecule has 0 fully saturated rings. The van der Waals surface area contributed by atoms with E-state index in [1.165, 1.54) is 0 Å². The Bertz CT molecular complexity index is 600. The highest BCUT2D eigenvalue weighted by Crippen LogP contribution is 2.26. The van der Waals surface area contributed by atoms with Gasteiger partial charge in [-0.15, -0.1) is 0 Å². The molecule has 0 heterocycles. The topological polar surface area (TPSA) is 82.1 Å². The molecule has 1 aromatic carbocycles. The second-order valence-electron chi connectivity index (χ2n) is 4.47. The Morgan fingerprint density at radius 3 is 2.10 bits per heavy atom. The Hall–Kier alpha value is -2.50. The highest BCUT2D eigenvalue weighted by Gasteiger charge is 2.25. The van der Waals surface area contributed by atoms with Crippen molar-refractivity contribution in [2.24, 2.45) is 0 Å². The van der Waals surface area contributed by atoms with E-state index in [9.17, 15) is 14.7 Å². The predicted molar refractivity (Wildman–Crippen MR) is 75.0 cm³/mol. The van der Waals surface area contributed by atoms with Crippen LogP contribution in [0.2, 0.25) is 0 Å². The quantitative estimate of drug-likeness (QED) is 0.520. The van der Waals surface area contributed by atoms with Crippen LogP contribution in [0.4, 0.5) is 0 Å². The summed E-state index contributed by atoms with van der Waals surface area (Å²) in [6.07, 6.45) is 0. The van der Waals surface area contributed by atoms with E-state index in [1.54, 1.807) is 13.0 Å². The van der Waals surface area contributed by atoms with Gasteiger partial charge in [-0.3, -0.25) is 0 Å². The zero-order valence-corrected chi connectivity index (χ0v) is 12.6. The van der Waals surface area contributed by atoms with Gasteiger partial charge in [0.15, 0.2) is 0 Å². The molecule has 1 aromatic rings. The first-order valence-corrected chi connectivity index (χ1v) is 6.17. The number of aryl methyl sites for hydroxylation is 2. The minimum atomic E-state index is -1.09. The molecular weight excluding hydrogens is 276 g/mol. The molecule has 21 heavy (non-hydrogen) atoms. The van der Waals surface area contributed by atoms with Crippen LogP contribution in [0.15, 0.2) is 23.7 Å². The van der Waals surface area contributed by atoms with Crippen molar-refractivity contribution in [2.45, 2.75) is 20.8 Å². The van der Waals surface area contributed by atoms with E-state index >= 15 is 0 Å². The number of rotatable bonds is 4. The van der Waals surface area contributed by atoms with E-state index in [2.05, 4.69) is 9.47 Å².